The maximum absolute atomic E-state index is 12.4. The molecule has 0 aliphatic rings. The summed E-state index contributed by atoms with van der Waals surface area (Å²) in [7, 11) is -1.95. The fraction of sp³-hybridized carbons (Fsp3) is 0.500. The number of aryl methyl sites for hydroxylation is 1. The molecule has 1 unspecified atom stereocenters. The molecule has 1 atom stereocenters. The highest BCUT2D eigenvalue weighted by molar-refractivity contribution is 7.89. The van der Waals surface area contributed by atoms with Gasteiger partial charge in [0.15, 0.2) is 0 Å². The van der Waals surface area contributed by atoms with Crippen LogP contribution in [0.25, 0.3) is 0 Å². The maximum atomic E-state index is 12.4. The van der Waals surface area contributed by atoms with E-state index in [1.165, 1.54) is 10.4 Å². The number of halogens is 1. The summed E-state index contributed by atoms with van der Waals surface area (Å²) in [6.07, 6.45) is 0.748. The van der Waals surface area contributed by atoms with E-state index in [-0.39, 0.29) is 16.6 Å². The maximum Gasteiger partial charge on any atom is 0.243 e. The van der Waals surface area contributed by atoms with Crippen molar-refractivity contribution in [2.75, 3.05) is 12.8 Å². The minimum Gasteiger partial charge on any atom is -0.397 e. The summed E-state index contributed by atoms with van der Waals surface area (Å²) >= 11 is 5.87. The van der Waals surface area contributed by atoms with Crippen LogP contribution in [-0.2, 0) is 10.0 Å². The number of rotatable bonds is 4. The Labute approximate surface area is 114 Å². The zero-order valence-corrected chi connectivity index (χ0v) is 12.6. The molecular weight excluding hydrogens is 272 g/mol. The first-order valence-corrected chi connectivity index (χ1v) is 7.57. The Morgan fingerprint density at radius 1 is 1.44 bits per heavy atom. The third-order valence-electron chi connectivity index (χ3n) is 3.16. The van der Waals surface area contributed by atoms with Gasteiger partial charge >= 0.3 is 0 Å². The van der Waals surface area contributed by atoms with Gasteiger partial charge in [0.2, 0.25) is 10.0 Å². The van der Waals surface area contributed by atoms with Crippen molar-refractivity contribution in [3.05, 3.63) is 22.7 Å². The van der Waals surface area contributed by atoms with Crippen LogP contribution in [0.1, 0.15) is 25.8 Å². The van der Waals surface area contributed by atoms with E-state index in [1.807, 2.05) is 13.8 Å². The van der Waals surface area contributed by atoms with Crippen LogP contribution in [0.15, 0.2) is 17.0 Å². The molecule has 0 fully saturated rings. The number of sulfonamides is 1. The summed E-state index contributed by atoms with van der Waals surface area (Å²) in [6, 6.07) is 2.94. The second-order valence-electron chi connectivity index (χ2n) is 4.42. The molecule has 0 aliphatic carbocycles. The van der Waals surface area contributed by atoms with E-state index in [9.17, 15) is 8.42 Å². The fourth-order valence-electron chi connectivity index (χ4n) is 1.60. The smallest absolute Gasteiger partial charge is 0.243 e. The second-order valence-corrected chi connectivity index (χ2v) is 6.79. The standard InChI is InChI=1S/C12H19ClN2O2S/c1-5-9(3)15(4)18(16,17)12-7-11(14)10(13)6-8(12)2/h6-7,9H,5,14H2,1-4H3. The van der Waals surface area contributed by atoms with Crippen LogP contribution in [0.2, 0.25) is 5.02 Å². The van der Waals surface area contributed by atoms with Crippen LogP contribution in [0.3, 0.4) is 0 Å². The predicted octanol–water partition coefficient (Wildman–Crippen LogP) is 2.65. The molecule has 0 heterocycles. The zero-order chi connectivity index (χ0) is 14.1. The van der Waals surface area contributed by atoms with Gasteiger partial charge in [0.05, 0.1) is 15.6 Å². The van der Waals surface area contributed by atoms with E-state index in [0.29, 0.717) is 10.6 Å². The molecule has 0 radical (unpaired) electrons. The molecule has 0 amide bonds. The normalized spacial score (nSPS) is 13.9. The SMILES string of the molecule is CCC(C)N(C)S(=O)(=O)c1cc(N)c(Cl)cc1C. The van der Waals surface area contributed by atoms with Crippen LogP contribution in [0.4, 0.5) is 5.69 Å². The third-order valence-corrected chi connectivity index (χ3v) is 5.60. The molecule has 1 aromatic carbocycles. The average molecular weight is 291 g/mol. The first-order chi connectivity index (χ1) is 8.21. The Kier molecular flexibility index (Phi) is 4.64. The Balaban J connectivity index is 3.33. The molecule has 0 aliphatic heterocycles. The van der Waals surface area contributed by atoms with E-state index in [1.54, 1.807) is 20.0 Å². The molecule has 18 heavy (non-hydrogen) atoms. The molecule has 6 heteroatoms. The summed E-state index contributed by atoms with van der Waals surface area (Å²) in [5, 5.41) is 0.373. The van der Waals surface area contributed by atoms with Gasteiger partial charge in [-0.25, -0.2) is 8.42 Å². The molecular formula is C12H19ClN2O2S. The van der Waals surface area contributed by atoms with Crippen molar-refractivity contribution in [2.24, 2.45) is 0 Å². The number of nitrogens with two attached hydrogens (primary N) is 1. The number of benzene rings is 1. The Hall–Kier alpha value is -0.780. The van der Waals surface area contributed by atoms with Gasteiger partial charge in [0.1, 0.15) is 0 Å². The lowest BCUT2D eigenvalue weighted by atomic mass is 10.2. The lowest BCUT2D eigenvalue weighted by Gasteiger charge is -2.24. The highest BCUT2D eigenvalue weighted by Gasteiger charge is 2.26. The fourth-order valence-corrected chi connectivity index (χ4v) is 3.49. The molecule has 1 rings (SSSR count). The Morgan fingerprint density at radius 2 is 2.00 bits per heavy atom. The summed E-state index contributed by atoms with van der Waals surface area (Å²) in [5.41, 5.74) is 6.56. The van der Waals surface area contributed by atoms with Gasteiger partial charge in [-0.2, -0.15) is 4.31 Å². The average Bonchev–Trinajstić information content (AvgIpc) is 2.31. The highest BCUT2D eigenvalue weighted by Crippen LogP contribution is 2.28. The van der Waals surface area contributed by atoms with Gasteiger partial charge in [0.25, 0.3) is 0 Å². The minimum absolute atomic E-state index is 0.0636. The van der Waals surface area contributed by atoms with Crippen molar-refractivity contribution in [2.45, 2.75) is 38.1 Å². The van der Waals surface area contributed by atoms with E-state index >= 15 is 0 Å². The number of hydrogen-bond acceptors (Lipinski definition) is 3. The van der Waals surface area contributed by atoms with Crippen molar-refractivity contribution >= 4 is 27.3 Å². The van der Waals surface area contributed by atoms with Crippen molar-refractivity contribution < 1.29 is 8.42 Å². The van der Waals surface area contributed by atoms with Crippen molar-refractivity contribution in [3.63, 3.8) is 0 Å². The molecule has 2 N–H and O–H groups in total. The molecule has 102 valence electrons. The van der Waals surface area contributed by atoms with Gasteiger partial charge < -0.3 is 5.73 Å². The minimum atomic E-state index is -3.53. The zero-order valence-electron chi connectivity index (χ0n) is 11.1. The molecule has 0 saturated carbocycles. The molecule has 0 aromatic heterocycles. The lowest BCUT2D eigenvalue weighted by Crippen LogP contribution is -2.35. The van der Waals surface area contributed by atoms with Crippen molar-refractivity contribution in [1.29, 1.82) is 0 Å². The summed E-state index contributed by atoms with van der Waals surface area (Å²) < 4.78 is 26.3. The number of nitrogen functional groups attached to an aromatic ring is 1. The van der Waals surface area contributed by atoms with Gasteiger partial charge in [-0.15, -0.1) is 0 Å². The van der Waals surface area contributed by atoms with Crippen molar-refractivity contribution in [3.8, 4) is 0 Å². The summed E-state index contributed by atoms with van der Waals surface area (Å²) in [4.78, 5) is 0.215. The molecule has 0 saturated heterocycles. The topological polar surface area (TPSA) is 63.4 Å². The Bertz CT molecular complexity index is 543. The monoisotopic (exact) mass is 290 g/mol. The number of nitrogens with zero attached hydrogens (tertiary/aromatic N) is 1. The van der Waals surface area contributed by atoms with Crippen LogP contribution >= 0.6 is 11.6 Å². The van der Waals surface area contributed by atoms with Crippen LogP contribution in [-0.4, -0.2) is 25.8 Å². The van der Waals surface area contributed by atoms with Gasteiger partial charge in [-0.05, 0) is 38.0 Å². The first kappa shape index (κ1) is 15.3. The molecule has 1 aromatic rings. The van der Waals surface area contributed by atoms with Gasteiger partial charge in [-0.3, -0.25) is 0 Å². The number of hydrogen-bond donors (Lipinski definition) is 1. The summed E-state index contributed by atoms with van der Waals surface area (Å²) in [6.45, 7) is 5.52. The van der Waals surface area contributed by atoms with Crippen LogP contribution in [0, 0.1) is 6.92 Å². The Morgan fingerprint density at radius 3 is 2.50 bits per heavy atom. The molecule has 0 bridgehead atoms. The second kappa shape index (κ2) is 5.47. The molecule has 4 nitrogen and oxygen atoms in total. The number of anilines is 1. The highest BCUT2D eigenvalue weighted by atomic mass is 35.5. The lowest BCUT2D eigenvalue weighted by molar-refractivity contribution is 0.380. The predicted molar refractivity (Wildman–Crippen MR) is 75.3 cm³/mol. The molecule has 0 spiro atoms. The first-order valence-electron chi connectivity index (χ1n) is 5.75. The van der Waals surface area contributed by atoms with Gasteiger partial charge in [-0.1, -0.05) is 18.5 Å². The largest absolute Gasteiger partial charge is 0.397 e. The third kappa shape index (κ3) is 2.79. The van der Waals surface area contributed by atoms with Crippen molar-refractivity contribution in [1.82, 2.24) is 4.31 Å². The van der Waals surface area contributed by atoms with E-state index in [4.69, 9.17) is 17.3 Å². The van der Waals surface area contributed by atoms with E-state index < -0.39 is 10.0 Å². The van der Waals surface area contributed by atoms with E-state index in [2.05, 4.69) is 0 Å². The van der Waals surface area contributed by atoms with Crippen LogP contribution < -0.4 is 5.73 Å². The van der Waals surface area contributed by atoms with E-state index in [0.717, 1.165) is 6.42 Å². The quantitative estimate of drug-likeness (QED) is 0.867. The summed E-state index contributed by atoms with van der Waals surface area (Å²) in [5.74, 6) is 0. The van der Waals surface area contributed by atoms with Gasteiger partial charge in [0, 0.05) is 13.1 Å². The van der Waals surface area contributed by atoms with Crippen LogP contribution in [0.5, 0.6) is 0 Å².